The third-order valence-electron chi connectivity index (χ3n) is 3.27. The van der Waals surface area contributed by atoms with E-state index in [1.807, 2.05) is 25.2 Å². The molecule has 0 aliphatic heterocycles. The predicted molar refractivity (Wildman–Crippen MR) is 82.3 cm³/mol. The van der Waals surface area contributed by atoms with Crippen molar-refractivity contribution in [1.82, 2.24) is 4.90 Å². The van der Waals surface area contributed by atoms with Crippen LogP contribution in [0.15, 0.2) is 30.3 Å². The number of hydrogen-bond donors (Lipinski definition) is 2. The molecule has 1 aromatic rings. The number of nitrogens with zero attached hydrogens (tertiary/aromatic N) is 1. The summed E-state index contributed by atoms with van der Waals surface area (Å²) in [5.74, 6) is -0.738. The largest absolute Gasteiger partial charge is 0.481 e. The van der Waals surface area contributed by atoms with E-state index in [9.17, 15) is 9.90 Å². The van der Waals surface area contributed by atoms with E-state index in [4.69, 9.17) is 5.11 Å². The van der Waals surface area contributed by atoms with Crippen molar-refractivity contribution in [2.24, 2.45) is 0 Å². The van der Waals surface area contributed by atoms with Crippen LogP contribution in [0, 0.1) is 0 Å². The predicted octanol–water partition coefficient (Wildman–Crippen LogP) is 2.72. The topological polar surface area (TPSA) is 60.8 Å². The molecule has 0 bridgehead atoms. The average Bonchev–Trinajstić information content (AvgIpc) is 2.41. The fourth-order valence-electron chi connectivity index (χ4n) is 2.23. The van der Waals surface area contributed by atoms with Crippen LogP contribution in [0.4, 0.5) is 0 Å². The number of benzene rings is 1. The van der Waals surface area contributed by atoms with Gasteiger partial charge < -0.3 is 10.2 Å². The number of unbranched alkanes of at least 4 members (excludes halogenated alkanes) is 1. The summed E-state index contributed by atoms with van der Waals surface area (Å²) in [6.07, 6.45) is 2.47. The Hall–Kier alpha value is -1.10. The third kappa shape index (κ3) is 6.89. The summed E-state index contributed by atoms with van der Waals surface area (Å²) in [7, 11) is 2.02. The van der Waals surface area contributed by atoms with E-state index in [-0.39, 0.29) is 31.5 Å². The van der Waals surface area contributed by atoms with E-state index in [0.29, 0.717) is 12.8 Å². The van der Waals surface area contributed by atoms with Gasteiger partial charge in [-0.15, -0.1) is 12.4 Å². The van der Waals surface area contributed by atoms with Crippen LogP contribution >= 0.6 is 12.4 Å². The Kier molecular flexibility index (Phi) is 10.1. The molecule has 4 nitrogen and oxygen atoms in total. The first kappa shape index (κ1) is 18.9. The monoisotopic (exact) mass is 301 g/mol. The molecule has 0 aliphatic rings. The lowest BCUT2D eigenvalue weighted by Crippen LogP contribution is -2.26. The molecule has 0 spiro atoms. The second-order valence-electron chi connectivity index (χ2n) is 4.77. The van der Waals surface area contributed by atoms with Crippen LogP contribution in [0.1, 0.15) is 37.3 Å². The Bertz CT molecular complexity index is 373. The molecule has 114 valence electrons. The minimum absolute atomic E-state index is 0. The molecule has 0 saturated heterocycles. The number of hydrogen-bond acceptors (Lipinski definition) is 3. The number of carboxylic acid groups (broad SMARTS) is 1. The summed E-state index contributed by atoms with van der Waals surface area (Å²) in [4.78, 5) is 12.6. The number of carbonyl (C=O) groups is 1. The molecule has 0 saturated carbocycles. The molecule has 0 radical (unpaired) electrons. The minimum atomic E-state index is -0.738. The van der Waals surface area contributed by atoms with Crippen molar-refractivity contribution < 1.29 is 15.0 Å². The number of halogens is 1. The number of rotatable bonds is 9. The molecule has 0 aliphatic carbocycles. The third-order valence-corrected chi connectivity index (χ3v) is 3.27. The zero-order valence-electron chi connectivity index (χ0n) is 11.9. The smallest absolute Gasteiger partial charge is 0.303 e. The van der Waals surface area contributed by atoms with Crippen LogP contribution in [-0.2, 0) is 4.79 Å². The highest BCUT2D eigenvalue weighted by atomic mass is 35.5. The maximum atomic E-state index is 10.5. The zero-order valence-corrected chi connectivity index (χ0v) is 12.7. The van der Waals surface area contributed by atoms with Crippen LogP contribution in [0.25, 0.3) is 0 Å². The molecule has 1 atom stereocenters. The van der Waals surface area contributed by atoms with Gasteiger partial charge in [-0.05, 0) is 38.4 Å². The lowest BCUT2D eigenvalue weighted by Gasteiger charge is -2.28. The Balaban J connectivity index is 0.00000361. The van der Waals surface area contributed by atoms with Crippen LogP contribution in [0.2, 0.25) is 0 Å². The van der Waals surface area contributed by atoms with Crippen molar-refractivity contribution in [2.75, 3.05) is 20.2 Å². The number of carboxylic acids is 1. The molecule has 1 unspecified atom stereocenters. The minimum Gasteiger partial charge on any atom is -0.481 e. The summed E-state index contributed by atoms with van der Waals surface area (Å²) < 4.78 is 0. The molecule has 0 fully saturated rings. The van der Waals surface area contributed by atoms with Crippen LogP contribution in [0.5, 0.6) is 0 Å². The van der Waals surface area contributed by atoms with E-state index in [2.05, 4.69) is 17.0 Å². The molecular formula is C15H24ClNO3. The Labute approximate surface area is 126 Å². The number of aliphatic hydroxyl groups is 1. The van der Waals surface area contributed by atoms with Crippen molar-refractivity contribution in [2.45, 2.75) is 31.7 Å². The second kappa shape index (κ2) is 10.7. The Morgan fingerprint density at radius 1 is 1.25 bits per heavy atom. The highest BCUT2D eigenvalue weighted by molar-refractivity contribution is 5.85. The van der Waals surface area contributed by atoms with Gasteiger partial charge in [0, 0.05) is 19.1 Å². The first-order chi connectivity index (χ1) is 9.15. The van der Waals surface area contributed by atoms with Gasteiger partial charge in [0.05, 0.1) is 0 Å². The van der Waals surface area contributed by atoms with Crippen LogP contribution in [-0.4, -0.2) is 41.3 Å². The normalized spacial score (nSPS) is 11.9. The van der Waals surface area contributed by atoms with Gasteiger partial charge >= 0.3 is 5.97 Å². The molecule has 1 rings (SSSR count). The summed E-state index contributed by atoms with van der Waals surface area (Å²) >= 11 is 0. The van der Waals surface area contributed by atoms with Crippen LogP contribution in [0.3, 0.4) is 0 Å². The maximum Gasteiger partial charge on any atom is 0.303 e. The van der Waals surface area contributed by atoms with Gasteiger partial charge in [0.15, 0.2) is 0 Å². The van der Waals surface area contributed by atoms with Crippen molar-refractivity contribution in [3.05, 3.63) is 35.9 Å². The molecule has 0 aromatic heterocycles. The SMILES string of the molecule is CN(CCCCC(=O)O)C(CCO)c1ccccc1.Cl. The van der Waals surface area contributed by atoms with Gasteiger partial charge in [0.1, 0.15) is 0 Å². The Morgan fingerprint density at radius 3 is 2.45 bits per heavy atom. The first-order valence-corrected chi connectivity index (χ1v) is 6.73. The number of aliphatic carboxylic acids is 1. The van der Waals surface area contributed by atoms with E-state index in [1.165, 1.54) is 5.56 Å². The maximum absolute atomic E-state index is 10.5. The van der Waals surface area contributed by atoms with Gasteiger partial charge in [0.2, 0.25) is 0 Å². The molecule has 0 amide bonds. The van der Waals surface area contributed by atoms with Gasteiger partial charge in [0.25, 0.3) is 0 Å². The second-order valence-corrected chi connectivity index (χ2v) is 4.77. The van der Waals surface area contributed by atoms with E-state index in [0.717, 1.165) is 13.0 Å². The summed E-state index contributed by atoms with van der Waals surface area (Å²) in [6.45, 7) is 0.992. The van der Waals surface area contributed by atoms with Gasteiger partial charge in [-0.3, -0.25) is 9.69 Å². The molecule has 5 heteroatoms. The molecule has 20 heavy (non-hydrogen) atoms. The molecule has 0 heterocycles. The van der Waals surface area contributed by atoms with Crippen molar-refractivity contribution in [3.8, 4) is 0 Å². The quantitative estimate of drug-likeness (QED) is 0.689. The van der Waals surface area contributed by atoms with E-state index in [1.54, 1.807) is 0 Å². The average molecular weight is 302 g/mol. The molecular weight excluding hydrogens is 278 g/mol. The first-order valence-electron chi connectivity index (χ1n) is 6.73. The molecule has 2 N–H and O–H groups in total. The zero-order chi connectivity index (χ0) is 14.1. The summed E-state index contributed by atoms with van der Waals surface area (Å²) in [5.41, 5.74) is 1.19. The summed E-state index contributed by atoms with van der Waals surface area (Å²) in [5, 5.41) is 17.8. The van der Waals surface area contributed by atoms with Crippen molar-refractivity contribution in [1.29, 1.82) is 0 Å². The van der Waals surface area contributed by atoms with Gasteiger partial charge in [-0.25, -0.2) is 0 Å². The number of aliphatic hydroxyl groups excluding tert-OH is 1. The highest BCUT2D eigenvalue weighted by Gasteiger charge is 2.15. The lowest BCUT2D eigenvalue weighted by atomic mass is 10.0. The van der Waals surface area contributed by atoms with Gasteiger partial charge in [-0.1, -0.05) is 30.3 Å². The van der Waals surface area contributed by atoms with Crippen molar-refractivity contribution in [3.63, 3.8) is 0 Å². The van der Waals surface area contributed by atoms with Crippen molar-refractivity contribution >= 4 is 18.4 Å². The lowest BCUT2D eigenvalue weighted by molar-refractivity contribution is -0.137. The van der Waals surface area contributed by atoms with E-state index < -0.39 is 5.97 Å². The standard InChI is InChI=1S/C15H23NO3.ClH/c1-16(11-6-5-9-15(18)19)14(10-12-17)13-7-3-2-4-8-13;/h2-4,7-8,14,17H,5-6,9-12H2,1H3,(H,18,19);1H. The summed E-state index contributed by atoms with van der Waals surface area (Å²) in [6, 6.07) is 10.3. The van der Waals surface area contributed by atoms with Crippen LogP contribution < -0.4 is 0 Å². The van der Waals surface area contributed by atoms with E-state index >= 15 is 0 Å². The molecule has 1 aromatic carbocycles. The van der Waals surface area contributed by atoms with Gasteiger partial charge in [-0.2, -0.15) is 0 Å². The fourth-order valence-corrected chi connectivity index (χ4v) is 2.23. The Morgan fingerprint density at radius 2 is 1.90 bits per heavy atom. The highest BCUT2D eigenvalue weighted by Crippen LogP contribution is 2.22. The fraction of sp³-hybridized carbons (Fsp3) is 0.533.